The average Bonchev–Trinajstić information content (AvgIpc) is 2.56. The van der Waals surface area contributed by atoms with Crippen molar-refractivity contribution < 1.29 is 19.2 Å². The zero-order valence-corrected chi connectivity index (χ0v) is 12.6. The number of rotatable bonds is 5. The first-order valence-corrected chi connectivity index (χ1v) is 6.74. The Bertz CT molecular complexity index is 841. The summed E-state index contributed by atoms with van der Waals surface area (Å²) in [6.07, 6.45) is 1.00. The van der Waals surface area contributed by atoms with E-state index in [1.165, 1.54) is 31.4 Å². The van der Waals surface area contributed by atoms with Crippen LogP contribution in [-0.2, 0) is 16.1 Å². The molecule has 0 spiro atoms. The van der Waals surface area contributed by atoms with E-state index in [4.69, 9.17) is 0 Å². The zero-order chi connectivity index (χ0) is 17.7. The van der Waals surface area contributed by atoms with Gasteiger partial charge in [-0.1, -0.05) is 0 Å². The molecule has 0 atom stereocenters. The number of esters is 1. The van der Waals surface area contributed by atoms with E-state index in [-0.39, 0.29) is 12.2 Å². The number of methoxy groups -OCH3 is 1. The van der Waals surface area contributed by atoms with Gasteiger partial charge in [-0.3, -0.25) is 24.3 Å². The first-order valence-electron chi connectivity index (χ1n) is 6.74. The molecule has 1 amide bonds. The van der Waals surface area contributed by atoms with Crippen LogP contribution in [0.3, 0.4) is 0 Å². The maximum Gasteiger partial charge on any atom is 0.337 e. The summed E-state index contributed by atoms with van der Waals surface area (Å²) in [7, 11) is 1.26. The number of pyridine rings is 1. The Morgan fingerprint density at radius 2 is 1.88 bits per heavy atom. The van der Waals surface area contributed by atoms with Crippen molar-refractivity contribution in [2.45, 2.75) is 6.54 Å². The lowest BCUT2D eigenvalue weighted by atomic mass is 10.2. The minimum absolute atomic E-state index is 0.287. The number of nitrogens with zero attached hydrogens (tertiary/aromatic N) is 2. The molecule has 0 radical (unpaired) electrons. The fourth-order valence-corrected chi connectivity index (χ4v) is 1.91. The van der Waals surface area contributed by atoms with E-state index in [0.29, 0.717) is 11.3 Å². The van der Waals surface area contributed by atoms with Gasteiger partial charge >= 0.3 is 5.97 Å². The molecule has 0 saturated carbocycles. The minimum Gasteiger partial charge on any atom is -0.465 e. The summed E-state index contributed by atoms with van der Waals surface area (Å²) >= 11 is 0. The van der Waals surface area contributed by atoms with E-state index in [0.717, 1.165) is 22.9 Å². The maximum atomic E-state index is 12.0. The monoisotopic (exact) mass is 331 g/mol. The number of carbonyl (C=O) groups is 2. The molecule has 0 aliphatic carbocycles. The van der Waals surface area contributed by atoms with Gasteiger partial charge in [0.1, 0.15) is 6.54 Å². The second kappa shape index (κ2) is 7.18. The third-order valence-electron chi connectivity index (χ3n) is 3.08. The second-order valence-electron chi connectivity index (χ2n) is 4.73. The van der Waals surface area contributed by atoms with Gasteiger partial charge in [0.05, 0.1) is 23.8 Å². The summed E-state index contributed by atoms with van der Waals surface area (Å²) in [6.45, 7) is -0.376. The summed E-state index contributed by atoms with van der Waals surface area (Å²) < 4.78 is 5.50. The first kappa shape index (κ1) is 16.9. The summed E-state index contributed by atoms with van der Waals surface area (Å²) in [6, 6.07) is 8.04. The van der Waals surface area contributed by atoms with E-state index in [1.807, 2.05) is 0 Å². The van der Waals surface area contributed by atoms with Crippen LogP contribution in [0.4, 0.5) is 11.4 Å². The van der Waals surface area contributed by atoms with Crippen molar-refractivity contribution in [1.82, 2.24) is 4.57 Å². The van der Waals surface area contributed by atoms with Gasteiger partial charge in [-0.25, -0.2) is 4.79 Å². The topological polar surface area (TPSA) is 121 Å². The summed E-state index contributed by atoms with van der Waals surface area (Å²) in [5.74, 6) is -1.04. The third-order valence-corrected chi connectivity index (χ3v) is 3.08. The second-order valence-corrected chi connectivity index (χ2v) is 4.73. The molecule has 1 aromatic heterocycles. The molecule has 0 saturated heterocycles. The predicted molar refractivity (Wildman–Crippen MR) is 83.8 cm³/mol. The number of aromatic nitrogens is 1. The zero-order valence-electron chi connectivity index (χ0n) is 12.6. The van der Waals surface area contributed by atoms with Crippen LogP contribution in [0.2, 0.25) is 0 Å². The van der Waals surface area contributed by atoms with E-state index in [9.17, 15) is 24.5 Å². The third kappa shape index (κ3) is 4.03. The molecule has 124 valence electrons. The van der Waals surface area contributed by atoms with Crippen molar-refractivity contribution in [2.24, 2.45) is 0 Å². The van der Waals surface area contributed by atoms with Gasteiger partial charge in [-0.05, 0) is 24.3 Å². The normalized spacial score (nSPS) is 10.0. The van der Waals surface area contributed by atoms with Crippen molar-refractivity contribution in [3.63, 3.8) is 0 Å². The van der Waals surface area contributed by atoms with Gasteiger partial charge in [0, 0.05) is 17.8 Å². The Kier molecular flexibility index (Phi) is 5.05. The molecule has 0 fully saturated rings. The number of nitro groups is 1. The molecule has 2 rings (SSSR count). The molecule has 1 heterocycles. The Morgan fingerprint density at radius 3 is 2.46 bits per heavy atom. The minimum atomic E-state index is -0.653. The summed E-state index contributed by atoms with van der Waals surface area (Å²) in [5.41, 5.74) is -0.0850. The largest absolute Gasteiger partial charge is 0.465 e. The van der Waals surface area contributed by atoms with Gasteiger partial charge in [-0.15, -0.1) is 0 Å². The Labute approximate surface area is 135 Å². The SMILES string of the molecule is COC(=O)c1ccc(NC(=O)Cn2cc([N+](=O)[O-])ccc2=O)cc1. The standard InChI is InChI=1S/C15H13N3O6/c1-24-15(21)10-2-4-11(5-3-10)16-13(19)9-17-8-12(18(22)23)6-7-14(17)20/h2-8H,9H2,1H3,(H,16,19). The molecular weight excluding hydrogens is 318 g/mol. The molecule has 2 aromatic rings. The average molecular weight is 331 g/mol. The number of carbonyl (C=O) groups excluding carboxylic acids is 2. The highest BCUT2D eigenvalue weighted by atomic mass is 16.6. The molecule has 9 nitrogen and oxygen atoms in total. The molecular formula is C15H13N3O6. The van der Waals surface area contributed by atoms with E-state index in [1.54, 1.807) is 0 Å². The number of benzene rings is 1. The molecule has 0 bridgehead atoms. The molecule has 1 aromatic carbocycles. The van der Waals surface area contributed by atoms with Crippen LogP contribution in [0.5, 0.6) is 0 Å². The molecule has 24 heavy (non-hydrogen) atoms. The van der Waals surface area contributed by atoms with Gasteiger partial charge in [0.15, 0.2) is 0 Å². The molecule has 1 N–H and O–H groups in total. The van der Waals surface area contributed by atoms with Gasteiger partial charge < -0.3 is 10.1 Å². The quantitative estimate of drug-likeness (QED) is 0.499. The van der Waals surface area contributed by atoms with Gasteiger partial charge in [0.2, 0.25) is 5.91 Å². The Balaban J connectivity index is 2.08. The smallest absolute Gasteiger partial charge is 0.337 e. The highest BCUT2D eigenvalue weighted by Gasteiger charge is 2.11. The lowest BCUT2D eigenvalue weighted by molar-refractivity contribution is -0.385. The number of ether oxygens (including phenoxy) is 1. The Hall–Kier alpha value is -3.49. The van der Waals surface area contributed by atoms with Crippen LogP contribution in [0, 0.1) is 10.1 Å². The summed E-state index contributed by atoms with van der Waals surface area (Å²) in [5, 5.41) is 13.2. The fraction of sp³-hybridized carbons (Fsp3) is 0.133. The van der Waals surface area contributed by atoms with Crippen molar-refractivity contribution in [2.75, 3.05) is 12.4 Å². The lowest BCUT2D eigenvalue weighted by Crippen LogP contribution is -2.26. The van der Waals surface area contributed by atoms with Gasteiger partial charge in [0.25, 0.3) is 11.2 Å². The molecule has 0 aliphatic heterocycles. The first-order chi connectivity index (χ1) is 11.4. The number of hydrogen-bond acceptors (Lipinski definition) is 6. The van der Waals surface area contributed by atoms with Crippen LogP contribution in [0.1, 0.15) is 10.4 Å². The lowest BCUT2D eigenvalue weighted by Gasteiger charge is -2.08. The van der Waals surface area contributed by atoms with Crippen LogP contribution in [0.25, 0.3) is 0 Å². The highest BCUT2D eigenvalue weighted by molar-refractivity contribution is 5.92. The van der Waals surface area contributed by atoms with Crippen LogP contribution >= 0.6 is 0 Å². The van der Waals surface area contributed by atoms with Crippen LogP contribution in [0.15, 0.2) is 47.4 Å². The predicted octanol–water partition coefficient (Wildman–Crippen LogP) is 1.18. The Morgan fingerprint density at radius 1 is 1.21 bits per heavy atom. The van der Waals surface area contributed by atoms with Crippen molar-refractivity contribution in [1.29, 1.82) is 0 Å². The highest BCUT2D eigenvalue weighted by Crippen LogP contribution is 2.11. The number of nitrogens with one attached hydrogen (secondary N) is 1. The van der Waals surface area contributed by atoms with Crippen LogP contribution in [-0.4, -0.2) is 28.5 Å². The maximum absolute atomic E-state index is 12.0. The molecule has 0 aliphatic rings. The van der Waals surface area contributed by atoms with Gasteiger partial charge in [-0.2, -0.15) is 0 Å². The summed E-state index contributed by atoms with van der Waals surface area (Å²) in [4.78, 5) is 45.0. The molecule has 9 heteroatoms. The van der Waals surface area contributed by atoms with E-state index >= 15 is 0 Å². The van der Waals surface area contributed by atoms with Crippen molar-refractivity contribution in [3.05, 3.63) is 68.6 Å². The number of amides is 1. The molecule has 0 unspecified atom stereocenters. The number of hydrogen-bond donors (Lipinski definition) is 1. The number of anilines is 1. The van der Waals surface area contributed by atoms with Crippen LogP contribution < -0.4 is 10.9 Å². The van der Waals surface area contributed by atoms with Crippen molar-refractivity contribution >= 4 is 23.3 Å². The van der Waals surface area contributed by atoms with Crippen molar-refractivity contribution in [3.8, 4) is 0 Å². The fourth-order valence-electron chi connectivity index (χ4n) is 1.91. The van der Waals surface area contributed by atoms with E-state index < -0.39 is 22.4 Å². The van der Waals surface area contributed by atoms with E-state index in [2.05, 4.69) is 10.1 Å².